The maximum Gasteiger partial charge on any atom is 0.120 e. The molecule has 0 fully saturated rings. The molecule has 0 saturated carbocycles. The first kappa shape index (κ1) is 19.9. The molecule has 35 heavy (non-hydrogen) atoms. The monoisotopic (exact) mass is 469 g/mol. The van der Waals surface area contributed by atoms with Crippen LogP contribution in [0.3, 0.4) is 0 Å². The number of hydrogen-bond acceptors (Lipinski definition) is 4. The predicted molar refractivity (Wildman–Crippen MR) is 142 cm³/mol. The van der Waals surface area contributed by atoms with Gasteiger partial charge < -0.3 is 4.57 Å². The van der Waals surface area contributed by atoms with Crippen LogP contribution in [0.25, 0.3) is 55.0 Å². The van der Waals surface area contributed by atoms with E-state index in [0.29, 0.717) is 0 Å². The van der Waals surface area contributed by atoms with E-state index in [9.17, 15) is 0 Å². The molecular weight excluding hydrogens is 450 g/mol. The van der Waals surface area contributed by atoms with E-state index in [1.807, 2.05) is 41.3 Å². The summed E-state index contributed by atoms with van der Waals surface area (Å²) in [6.07, 6.45) is 3.80. The molecule has 0 aliphatic heterocycles. The number of fused-ring (bicyclic) bond motifs is 3. The predicted octanol–water partition coefficient (Wildman–Crippen LogP) is 7.15. The van der Waals surface area contributed by atoms with Gasteiger partial charge in [-0.3, -0.25) is 4.98 Å². The Kier molecular flexibility index (Phi) is 4.57. The van der Waals surface area contributed by atoms with Crippen LogP contribution in [0.1, 0.15) is 0 Å². The van der Waals surface area contributed by atoms with Crippen molar-refractivity contribution in [3.8, 4) is 33.2 Å². The summed E-state index contributed by atoms with van der Waals surface area (Å²) in [5.41, 5.74) is 7.44. The fourth-order valence-corrected chi connectivity index (χ4v) is 5.43. The number of para-hydroxylation sites is 2. The zero-order valence-corrected chi connectivity index (χ0v) is 19.4. The maximum atomic E-state index is 4.49. The van der Waals surface area contributed by atoms with Gasteiger partial charge in [0.25, 0.3) is 0 Å². The molecule has 0 saturated heterocycles. The summed E-state index contributed by atoms with van der Waals surface area (Å²) in [6.45, 7) is 0. The van der Waals surface area contributed by atoms with Crippen molar-refractivity contribution in [2.24, 2.45) is 0 Å². The third-order valence-corrected chi connectivity index (χ3v) is 7.17. The molecule has 0 atom stereocenters. The molecule has 3 aromatic carbocycles. The average Bonchev–Trinajstić information content (AvgIpc) is 3.67. The van der Waals surface area contributed by atoms with Crippen molar-refractivity contribution < 1.29 is 0 Å². The molecule has 0 aliphatic carbocycles. The van der Waals surface area contributed by atoms with Crippen LogP contribution in [0.2, 0.25) is 0 Å². The summed E-state index contributed by atoms with van der Waals surface area (Å²) in [7, 11) is 0. The van der Waals surface area contributed by atoms with E-state index in [1.165, 1.54) is 21.8 Å². The fraction of sp³-hybridized carbons (Fsp3) is 0. The summed E-state index contributed by atoms with van der Waals surface area (Å²) >= 11 is 1.63. The average molecular weight is 470 g/mol. The highest BCUT2D eigenvalue weighted by Gasteiger charge is 2.14. The standard InChI is InChI=1S/C29H19N5S/c1-2-8-22(9-3-1)34-27-12-5-4-10-23(27)24-16-20(13-14-28(24)34)26-18-33(32-31-26)29-17-21(19-35-29)25-11-6-7-15-30-25/h1-19H. The number of pyridine rings is 1. The van der Waals surface area contributed by atoms with Crippen LogP contribution in [-0.4, -0.2) is 24.5 Å². The highest BCUT2D eigenvalue weighted by molar-refractivity contribution is 7.13. The van der Waals surface area contributed by atoms with Gasteiger partial charge in [-0.1, -0.05) is 53.7 Å². The lowest BCUT2D eigenvalue weighted by Crippen LogP contribution is -1.92. The number of nitrogens with zero attached hydrogens (tertiary/aromatic N) is 5. The third-order valence-electron chi connectivity index (χ3n) is 6.25. The van der Waals surface area contributed by atoms with Gasteiger partial charge in [0.15, 0.2) is 0 Å². The minimum atomic E-state index is 0.844. The fourth-order valence-electron chi connectivity index (χ4n) is 4.60. The minimum Gasteiger partial charge on any atom is -0.309 e. The van der Waals surface area contributed by atoms with Crippen molar-refractivity contribution in [3.63, 3.8) is 0 Å². The molecular formula is C29H19N5S. The van der Waals surface area contributed by atoms with Crippen LogP contribution in [0, 0.1) is 0 Å². The second-order valence-electron chi connectivity index (χ2n) is 8.36. The Hall–Kier alpha value is -4.55. The zero-order chi connectivity index (χ0) is 23.2. The molecule has 4 aromatic heterocycles. The first-order valence-corrected chi connectivity index (χ1v) is 12.2. The maximum absolute atomic E-state index is 4.49. The van der Waals surface area contributed by atoms with Crippen LogP contribution in [0.5, 0.6) is 0 Å². The first-order valence-electron chi connectivity index (χ1n) is 11.4. The molecule has 5 nitrogen and oxygen atoms in total. The van der Waals surface area contributed by atoms with E-state index in [2.05, 4.69) is 98.0 Å². The van der Waals surface area contributed by atoms with Gasteiger partial charge in [-0.15, -0.1) is 16.4 Å². The van der Waals surface area contributed by atoms with Gasteiger partial charge in [0.2, 0.25) is 0 Å². The van der Waals surface area contributed by atoms with Crippen molar-refractivity contribution in [2.45, 2.75) is 0 Å². The molecule has 0 unspecified atom stereocenters. The third kappa shape index (κ3) is 3.34. The number of rotatable bonds is 4. The first-order chi connectivity index (χ1) is 17.3. The normalized spacial score (nSPS) is 11.4. The van der Waals surface area contributed by atoms with Crippen LogP contribution in [-0.2, 0) is 0 Å². The number of aromatic nitrogens is 5. The molecule has 0 amide bonds. The van der Waals surface area contributed by atoms with Crippen molar-refractivity contribution in [1.29, 1.82) is 0 Å². The van der Waals surface area contributed by atoms with Gasteiger partial charge in [0, 0.05) is 39.2 Å². The van der Waals surface area contributed by atoms with Crippen LogP contribution >= 0.6 is 11.3 Å². The second-order valence-corrected chi connectivity index (χ2v) is 9.25. The topological polar surface area (TPSA) is 48.5 Å². The summed E-state index contributed by atoms with van der Waals surface area (Å²) < 4.78 is 4.15. The van der Waals surface area contributed by atoms with Gasteiger partial charge >= 0.3 is 0 Å². The van der Waals surface area contributed by atoms with E-state index in [-0.39, 0.29) is 0 Å². The van der Waals surface area contributed by atoms with Gasteiger partial charge in [-0.25, -0.2) is 4.68 Å². The zero-order valence-electron chi connectivity index (χ0n) is 18.6. The Bertz CT molecular complexity index is 1800. The number of hydrogen-bond donors (Lipinski definition) is 0. The van der Waals surface area contributed by atoms with Gasteiger partial charge in [-0.05, 0) is 48.5 Å². The Morgan fingerprint density at radius 2 is 1.49 bits per heavy atom. The number of benzene rings is 3. The molecule has 0 aliphatic rings. The molecule has 4 heterocycles. The molecule has 0 N–H and O–H groups in total. The van der Waals surface area contributed by atoms with Crippen LogP contribution in [0.4, 0.5) is 0 Å². The van der Waals surface area contributed by atoms with Crippen molar-refractivity contribution in [3.05, 3.63) is 115 Å². The molecule has 0 bridgehead atoms. The molecule has 0 spiro atoms. The lowest BCUT2D eigenvalue weighted by atomic mass is 10.1. The largest absolute Gasteiger partial charge is 0.309 e. The molecule has 0 radical (unpaired) electrons. The summed E-state index contributed by atoms with van der Waals surface area (Å²) in [5, 5.41) is 14.4. The quantitative estimate of drug-likeness (QED) is 0.275. The van der Waals surface area contributed by atoms with E-state index in [4.69, 9.17) is 0 Å². The van der Waals surface area contributed by atoms with Crippen LogP contribution < -0.4 is 0 Å². The summed E-state index contributed by atoms with van der Waals surface area (Å²) in [6, 6.07) is 33.6. The molecule has 166 valence electrons. The Balaban J connectivity index is 1.31. The highest BCUT2D eigenvalue weighted by atomic mass is 32.1. The van der Waals surface area contributed by atoms with Crippen molar-refractivity contribution >= 4 is 33.1 Å². The van der Waals surface area contributed by atoms with E-state index >= 15 is 0 Å². The smallest absolute Gasteiger partial charge is 0.120 e. The summed E-state index contributed by atoms with van der Waals surface area (Å²) in [5.74, 6) is 0. The lowest BCUT2D eigenvalue weighted by Gasteiger charge is -2.07. The van der Waals surface area contributed by atoms with Crippen molar-refractivity contribution in [1.82, 2.24) is 24.5 Å². The Morgan fingerprint density at radius 1 is 0.657 bits per heavy atom. The summed E-state index contributed by atoms with van der Waals surface area (Å²) in [4.78, 5) is 4.45. The van der Waals surface area contributed by atoms with Crippen LogP contribution in [0.15, 0.2) is 115 Å². The van der Waals surface area contributed by atoms with E-state index in [1.54, 1.807) is 11.3 Å². The Morgan fingerprint density at radius 3 is 2.37 bits per heavy atom. The highest BCUT2D eigenvalue weighted by Crippen LogP contribution is 2.34. The van der Waals surface area contributed by atoms with Gasteiger partial charge in [-0.2, -0.15) is 0 Å². The van der Waals surface area contributed by atoms with Crippen molar-refractivity contribution in [2.75, 3.05) is 0 Å². The molecule has 7 aromatic rings. The second kappa shape index (κ2) is 8.04. The SMILES string of the molecule is c1ccc(-n2c3ccccc3c3cc(-c4cn(-c5cc(-c6ccccn6)cs5)nn4)ccc32)cc1. The van der Waals surface area contributed by atoms with E-state index < -0.39 is 0 Å². The van der Waals surface area contributed by atoms with E-state index in [0.717, 1.165) is 33.2 Å². The molecule has 6 heteroatoms. The number of thiophene rings is 1. The lowest BCUT2D eigenvalue weighted by molar-refractivity contribution is 0.815. The minimum absolute atomic E-state index is 0.844. The van der Waals surface area contributed by atoms with Gasteiger partial charge in [0.05, 0.1) is 22.9 Å². The Labute approximate surface area is 205 Å². The van der Waals surface area contributed by atoms with Gasteiger partial charge in [0.1, 0.15) is 10.7 Å². The molecule has 7 rings (SSSR count).